The van der Waals surface area contributed by atoms with Gasteiger partial charge in [0.2, 0.25) is 0 Å². The predicted molar refractivity (Wildman–Crippen MR) is 88.4 cm³/mol. The van der Waals surface area contributed by atoms with Crippen LogP contribution in [0.2, 0.25) is 5.02 Å². The zero-order valence-corrected chi connectivity index (χ0v) is 13.5. The van der Waals surface area contributed by atoms with Crippen LogP contribution in [0.5, 0.6) is 5.75 Å². The molecule has 3 rings (SSSR count). The van der Waals surface area contributed by atoms with E-state index in [-0.39, 0.29) is 0 Å². The van der Waals surface area contributed by atoms with Crippen molar-refractivity contribution in [2.75, 3.05) is 7.11 Å². The highest BCUT2D eigenvalue weighted by atomic mass is 35.5. The number of hydrogen-bond donors (Lipinski definition) is 1. The quantitative estimate of drug-likeness (QED) is 0.830. The summed E-state index contributed by atoms with van der Waals surface area (Å²) in [5, 5.41) is 4.31. The van der Waals surface area contributed by atoms with E-state index in [0.29, 0.717) is 0 Å². The van der Waals surface area contributed by atoms with Crippen molar-refractivity contribution in [1.82, 2.24) is 5.32 Å². The van der Waals surface area contributed by atoms with Crippen molar-refractivity contribution >= 4 is 23.4 Å². The minimum atomic E-state index is 0.717. The summed E-state index contributed by atoms with van der Waals surface area (Å²) in [4.78, 5) is 2.19. The number of rotatable bonds is 6. The Morgan fingerprint density at radius 2 is 2.10 bits per heavy atom. The van der Waals surface area contributed by atoms with Crippen molar-refractivity contribution in [3.8, 4) is 5.75 Å². The van der Waals surface area contributed by atoms with E-state index >= 15 is 0 Å². The van der Waals surface area contributed by atoms with Crippen molar-refractivity contribution in [3.63, 3.8) is 0 Å². The Morgan fingerprint density at radius 1 is 1.24 bits per heavy atom. The van der Waals surface area contributed by atoms with Crippen LogP contribution >= 0.6 is 23.4 Å². The molecule has 1 N–H and O–H groups in total. The average Bonchev–Trinajstić information content (AvgIpc) is 3.32. The van der Waals surface area contributed by atoms with Gasteiger partial charge < -0.3 is 10.1 Å². The first kappa shape index (κ1) is 14.8. The molecule has 0 atom stereocenters. The van der Waals surface area contributed by atoms with Gasteiger partial charge in [0, 0.05) is 22.4 Å². The molecule has 1 saturated carbocycles. The maximum absolute atomic E-state index is 6.40. The minimum absolute atomic E-state index is 0.717. The van der Waals surface area contributed by atoms with Gasteiger partial charge in [-0.15, -0.1) is 0 Å². The smallest absolute Gasteiger partial charge is 0.119 e. The van der Waals surface area contributed by atoms with Crippen LogP contribution in [0.4, 0.5) is 0 Å². The van der Waals surface area contributed by atoms with Gasteiger partial charge in [0.15, 0.2) is 0 Å². The molecule has 2 nitrogen and oxygen atoms in total. The Kier molecular flexibility index (Phi) is 4.73. The predicted octanol–water partition coefficient (Wildman–Crippen LogP) is 4.75. The van der Waals surface area contributed by atoms with Gasteiger partial charge in [-0.2, -0.15) is 0 Å². The fraction of sp³-hybridized carbons (Fsp3) is 0.294. The highest BCUT2D eigenvalue weighted by Gasteiger charge is 2.20. The summed E-state index contributed by atoms with van der Waals surface area (Å²) in [6.07, 6.45) is 2.61. The van der Waals surface area contributed by atoms with Crippen molar-refractivity contribution in [1.29, 1.82) is 0 Å². The minimum Gasteiger partial charge on any atom is -0.497 e. The third kappa shape index (κ3) is 4.16. The molecule has 4 heteroatoms. The molecule has 1 aliphatic rings. The van der Waals surface area contributed by atoms with Crippen molar-refractivity contribution in [3.05, 3.63) is 53.1 Å². The van der Waals surface area contributed by atoms with Gasteiger partial charge >= 0.3 is 0 Å². The third-order valence-electron chi connectivity index (χ3n) is 3.44. The maximum atomic E-state index is 6.40. The van der Waals surface area contributed by atoms with Gasteiger partial charge in [-0.3, -0.25) is 0 Å². The summed E-state index contributed by atoms with van der Waals surface area (Å²) in [6.45, 7) is 0.897. The topological polar surface area (TPSA) is 21.3 Å². The lowest BCUT2D eigenvalue weighted by Crippen LogP contribution is -2.15. The van der Waals surface area contributed by atoms with E-state index in [1.54, 1.807) is 18.9 Å². The van der Waals surface area contributed by atoms with Crippen LogP contribution in [0.1, 0.15) is 18.4 Å². The lowest BCUT2D eigenvalue weighted by molar-refractivity contribution is 0.413. The summed E-state index contributed by atoms with van der Waals surface area (Å²) in [5.41, 5.74) is 1.24. The zero-order chi connectivity index (χ0) is 14.7. The second-order valence-electron chi connectivity index (χ2n) is 5.20. The molecule has 110 valence electrons. The van der Waals surface area contributed by atoms with E-state index < -0.39 is 0 Å². The van der Waals surface area contributed by atoms with E-state index in [0.717, 1.165) is 33.1 Å². The Hall–Kier alpha value is -1.16. The molecule has 1 fully saturated rings. The number of methoxy groups -OCH3 is 1. The van der Waals surface area contributed by atoms with Crippen LogP contribution in [-0.4, -0.2) is 13.2 Å². The summed E-state index contributed by atoms with van der Waals surface area (Å²) in [7, 11) is 1.68. The molecule has 0 spiro atoms. The molecule has 0 saturated heterocycles. The summed E-state index contributed by atoms with van der Waals surface area (Å²) in [6, 6.07) is 15.0. The molecule has 2 aromatic rings. The lowest BCUT2D eigenvalue weighted by Gasteiger charge is -2.09. The molecule has 0 bridgehead atoms. The van der Waals surface area contributed by atoms with Crippen LogP contribution in [0.15, 0.2) is 52.3 Å². The molecular weight excluding hydrogens is 302 g/mol. The number of nitrogens with one attached hydrogen (secondary N) is 1. The van der Waals surface area contributed by atoms with Gasteiger partial charge in [0.25, 0.3) is 0 Å². The van der Waals surface area contributed by atoms with Crippen molar-refractivity contribution < 1.29 is 4.74 Å². The molecular formula is C17H18ClNOS. The second kappa shape index (κ2) is 6.73. The fourth-order valence-electron chi connectivity index (χ4n) is 2.08. The van der Waals surface area contributed by atoms with Crippen LogP contribution in [-0.2, 0) is 6.54 Å². The number of hydrogen-bond acceptors (Lipinski definition) is 3. The van der Waals surface area contributed by atoms with Gasteiger partial charge in [-0.05, 0) is 48.7 Å². The Morgan fingerprint density at radius 3 is 2.81 bits per heavy atom. The van der Waals surface area contributed by atoms with Gasteiger partial charge in [-0.1, -0.05) is 35.5 Å². The summed E-state index contributed by atoms with van der Waals surface area (Å²) < 4.78 is 5.25. The first-order chi connectivity index (χ1) is 10.2. The lowest BCUT2D eigenvalue weighted by atomic mass is 10.2. The van der Waals surface area contributed by atoms with Crippen LogP contribution < -0.4 is 10.1 Å². The molecule has 0 radical (unpaired) electrons. The number of benzene rings is 2. The Bertz CT molecular complexity index is 628. The molecule has 0 aliphatic heterocycles. The van der Waals surface area contributed by atoms with E-state index in [4.69, 9.17) is 16.3 Å². The van der Waals surface area contributed by atoms with E-state index in [9.17, 15) is 0 Å². The first-order valence-corrected chi connectivity index (χ1v) is 8.28. The number of halogens is 1. The Labute approximate surface area is 134 Å². The molecule has 2 aromatic carbocycles. The molecule has 0 unspecified atom stereocenters. The number of ether oxygens (including phenoxy) is 1. The molecule has 1 aliphatic carbocycles. The van der Waals surface area contributed by atoms with Gasteiger partial charge in [0.05, 0.1) is 12.1 Å². The normalized spacial score (nSPS) is 14.2. The highest BCUT2D eigenvalue weighted by molar-refractivity contribution is 7.99. The molecule has 0 amide bonds. The van der Waals surface area contributed by atoms with Crippen molar-refractivity contribution in [2.45, 2.75) is 35.2 Å². The highest BCUT2D eigenvalue weighted by Crippen LogP contribution is 2.35. The standard InChI is InChI=1S/C17H18ClNOS/c1-20-14-3-2-4-15(10-14)21-17-8-5-12(9-16(17)18)11-19-13-6-7-13/h2-5,8-10,13,19H,6-7,11H2,1H3. The van der Waals surface area contributed by atoms with Gasteiger partial charge in [-0.25, -0.2) is 0 Å². The summed E-state index contributed by atoms with van der Waals surface area (Å²) >= 11 is 8.06. The zero-order valence-electron chi connectivity index (χ0n) is 11.9. The van der Waals surface area contributed by atoms with E-state index in [2.05, 4.69) is 29.6 Å². The first-order valence-electron chi connectivity index (χ1n) is 7.08. The fourth-order valence-corrected chi connectivity index (χ4v) is 3.27. The van der Waals surface area contributed by atoms with Crippen LogP contribution in [0, 0.1) is 0 Å². The second-order valence-corrected chi connectivity index (χ2v) is 6.72. The molecule has 21 heavy (non-hydrogen) atoms. The monoisotopic (exact) mass is 319 g/mol. The SMILES string of the molecule is COc1cccc(Sc2ccc(CNC3CC3)cc2Cl)c1. The van der Waals surface area contributed by atoms with Crippen LogP contribution in [0.25, 0.3) is 0 Å². The molecule has 0 heterocycles. The molecule has 0 aromatic heterocycles. The van der Waals surface area contributed by atoms with Gasteiger partial charge in [0.1, 0.15) is 5.75 Å². The largest absolute Gasteiger partial charge is 0.497 e. The maximum Gasteiger partial charge on any atom is 0.119 e. The third-order valence-corrected chi connectivity index (χ3v) is 4.93. The summed E-state index contributed by atoms with van der Waals surface area (Å²) in [5.74, 6) is 0.862. The van der Waals surface area contributed by atoms with Crippen molar-refractivity contribution in [2.24, 2.45) is 0 Å². The average molecular weight is 320 g/mol. The van der Waals surface area contributed by atoms with E-state index in [1.807, 2.05) is 18.2 Å². The van der Waals surface area contributed by atoms with E-state index in [1.165, 1.54) is 18.4 Å². The van der Waals surface area contributed by atoms with Crippen LogP contribution in [0.3, 0.4) is 0 Å². The Balaban J connectivity index is 1.69.